The molecule has 104 valence electrons. The lowest BCUT2D eigenvalue weighted by Crippen LogP contribution is -2.47. The van der Waals surface area contributed by atoms with E-state index in [-0.39, 0.29) is 0 Å². The highest BCUT2D eigenvalue weighted by Crippen LogP contribution is 2.07. The zero-order valence-corrected chi connectivity index (χ0v) is 10.0. The Morgan fingerprint density at radius 1 is 1.11 bits per heavy atom. The van der Waals surface area contributed by atoms with E-state index in [0.29, 0.717) is 0 Å². The summed E-state index contributed by atoms with van der Waals surface area (Å²) in [5.41, 5.74) is 0. The summed E-state index contributed by atoms with van der Waals surface area (Å²) >= 11 is 0. The fourth-order valence-electron chi connectivity index (χ4n) is 1.07. The smallest absolute Gasteiger partial charge is 0.303 e. The molecule has 0 amide bonds. The van der Waals surface area contributed by atoms with Crippen molar-refractivity contribution in [1.82, 2.24) is 0 Å². The van der Waals surface area contributed by atoms with Crippen LogP contribution in [0.25, 0.3) is 0 Å². The summed E-state index contributed by atoms with van der Waals surface area (Å²) in [6.07, 6.45) is -5.17. The van der Waals surface area contributed by atoms with Gasteiger partial charge in [-0.05, 0) is 0 Å². The van der Waals surface area contributed by atoms with E-state index < -0.39 is 49.2 Å². The Kier molecular flexibility index (Phi) is 7.10. The molecule has 0 heterocycles. The summed E-state index contributed by atoms with van der Waals surface area (Å²) in [6, 6.07) is 0. The van der Waals surface area contributed by atoms with Crippen LogP contribution in [0.1, 0.15) is 13.8 Å². The van der Waals surface area contributed by atoms with E-state index in [0.717, 1.165) is 13.8 Å². The molecule has 0 bridgehead atoms. The van der Waals surface area contributed by atoms with Crippen LogP contribution in [0.15, 0.2) is 0 Å². The average molecular weight is 264 g/mol. The number of hydrogen-bond acceptors (Lipinski definition) is 8. The highest BCUT2D eigenvalue weighted by Gasteiger charge is 2.34. The molecule has 0 aromatic rings. The van der Waals surface area contributed by atoms with Crippen LogP contribution in [0, 0.1) is 0 Å². The quantitative estimate of drug-likeness (QED) is 0.440. The summed E-state index contributed by atoms with van der Waals surface area (Å²) in [5.74, 6) is -2.48. The lowest BCUT2D eigenvalue weighted by Gasteiger charge is -2.24. The summed E-state index contributed by atoms with van der Waals surface area (Å²) in [4.78, 5) is 32.8. The molecule has 0 rings (SSSR count). The third-order valence-electron chi connectivity index (χ3n) is 1.92. The second-order valence-corrected chi connectivity index (χ2v) is 3.52. The van der Waals surface area contributed by atoms with E-state index in [2.05, 4.69) is 9.47 Å². The molecule has 0 aliphatic rings. The van der Waals surface area contributed by atoms with Gasteiger partial charge >= 0.3 is 11.9 Å². The van der Waals surface area contributed by atoms with Gasteiger partial charge < -0.3 is 24.8 Å². The molecule has 0 radical (unpaired) electrons. The number of aliphatic hydroxyl groups excluding tert-OH is 3. The predicted octanol–water partition coefficient (Wildman–Crippen LogP) is -2.24. The molecule has 0 aliphatic carbocycles. The number of rotatable bonds is 7. The normalized spacial score (nSPS) is 15.4. The Morgan fingerprint density at radius 2 is 1.67 bits per heavy atom. The van der Waals surface area contributed by atoms with E-state index in [1.165, 1.54) is 0 Å². The van der Waals surface area contributed by atoms with Gasteiger partial charge in [-0.2, -0.15) is 0 Å². The maximum Gasteiger partial charge on any atom is 0.303 e. The topological polar surface area (TPSA) is 130 Å². The number of carbonyl (C=O) groups excluding carboxylic acids is 3. The van der Waals surface area contributed by atoms with Gasteiger partial charge in [0.2, 0.25) is 5.78 Å². The molecular formula is C10H16O8. The van der Waals surface area contributed by atoms with Gasteiger partial charge in [0.25, 0.3) is 0 Å². The fraction of sp³-hybridized carbons (Fsp3) is 0.700. The van der Waals surface area contributed by atoms with Gasteiger partial charge in [-0.1, -0.05) is 0 Å². The van der Waals surface area contributed by atoms with E-state index >= 15 is 0 Å². The van der Waals surface area contributed by atoms with Crippen molar-refractivity contribution in [3.05, 3.63) is 0 Å². The van der Waals surface area contributed by atoms with Crippen molar-refractivity contribution in [2.24, 2.45) is 0 Å². The molecule has 8 nitrogen and oxygen atoms in total. The van der Waals surface area contributed by atoms with Gasteiger partial charge in [0.15, 0.2) is 12.7 Å². The van der Waals surface area contributed by atoms with Crippen molar-refractivity contribution in [3.8, 4) is 0 Å². The number of ketones is 1. The van der Waals surface area contributed by atoms with Crippen LogP contribution in [-0.2, 0) is 23.9 Å². The van der Waals surface area contributed by atoms with Gasteiger partial charge in [0.05, 0.1) is 6.61 Å². The molecular weight excluding hydrogens is 248 g/mol. The molecule has 3 N–H and O–H groups in total. The van der Waals surface area contributed by atoms with Gasteiger partial charge in [0, 0.05) is 13.8 Å². The highest BCUT2D eigenvalue weighted by atomic mass is 16.6. The Morgan fingerprint density at radius 3 is 2.06 bits per heavy atom. The third-order valence-corrected chi connectivity index (χ3v) is 1.92. The van der Waals surface area contributed by atoms with E-state index in [1.54, 1.807) is 0 Å². The first kappa shape index (κ1) is 16.5. The summed E-state index contributed by atoms with van der Waals surface area (Å²) < 4.78 is 8.92. The van der Waals surface area contributed by atoms with Crippen LogP contribution in [0.4, 0.5) is 0 Å². The van der Waals surface area contributed by atoms with E-state index in [4.69, 9.17) is 5.11 Å². The molecule has 0 fully saturated rings. The minimum Gasteiger partial charge on any atom is -0.458 e. The molecule has 0 aromatic carbocycles. The van der Waals surface area contributed by atoms with Crippen molar-refractivity contribution < 1.29 is 39.2 Å². The Hall–Kier alpha value is -1.51. The monoisotopic (exact) mass is 264 g/mol. The van der Waals surface area contributed by atoms with Crippen LogP contribution in [-0.4, -0.2) is 64.6 Å². The largest absolute Gasteiger partial charge is 0.458 e. The molecule has 0 spiro atoms. The summed E-state index contributed by atoms with van der Waals surface area (Å²) in [7, 11) is 0. The number of hydrogen-bond donors (Lipinski definition) is 3. The lowest BCUT2D eigenvalue weighted by molar-refractivity contribution is -0.169. The first-order valence-corrected chi connectivity index (χ1v) is 5.09. The zero-order chi connectivity index (χ0) is 14.3. The van der Waals surface area contributed by atoms with Crippen LogP contribution in [0.5, 0.6) is 0 Å². The highest BCUT2D eigenvalue weighted by molar-refractivity contribution is 5.88. The molecule has 0 saturated carbocycles. The zero-order valence-electron chi connectivity index (χ0n) is 10.0. The Bertz CT molecular complexity index is 313. The van der Waals surface area contributed by atoms with Crippen LogP contribution in [0.3, 0.4) is 0 Å². The van der Waals surface area contributed by atoms with Gasteiger partial charge in [-0.25, -0.2) is 0 Å². The van der Waals surface area contributed by atoms with Crippen molar-refractivity contribution in [2.45, 2.75) is 32.2 Å². The summed E-state index contributed by atoms with van der Waals surface area (Å²) in [5, 5.41) is 27.3. The van der Waals surface area contributed by atoms with Crippen LogP contribution < -0.4 is 0 Å². The predicted molar refractivity (Wildman–Crippen MR) is 56.3 cm³/mol. The fourth-order valence-corrected chi connectivity index (χ4v) is 1.07. The third kappa shape index (κ3) is 5.71. The van der Waals surface area contributed by atoms with Crippen molar-refractivity contribution >= 4 is 17.7 Å². The summed E-state index contributed by atoms with van der Waals surface area (Å²) in [6.45, 7) is 0.555. The van der Waals surface area contributed by atoms with Crippen molar-refractivity contribution in [2.75, 3.05) is 13.2 Å². The number of aliphatic hydroxyl groups is 3. The molecule has 0 unspecified atom stereocenters. The lowest BCUT2D eigenvalue weighted by atomic mass is 10.0. The second kappa shape index (κ2) is 7.75. The first-order valence-electron chi connectivity index (χ1n) is 5.09. The first-order chi connectivity index (χ1) is 8.29. The van der Waals surface area contributed by atoms with E-state index in [1.807, 2.05) is 0 Å². The molecule has 3 atom stereocenters. The molecule has 18 heavy (non-hydrogen) atoms. The number of ether oxygens (including phenoxy) is 2. The van der Waals surface area contributed by atoms with Crippen molar-refractivity contribution in [3.63, 3.8) is 0 Å². The molecule has 0 aromatic heterocycles. The van der Waals surface area contributed by atoms with E-state index in [9.17, 15) is 24.6 Å². The molecule has 0 saturated heterocycles. The van der Waals surface area contributed by atoms with Gasteiger partial charge in [0.1, 0.15) is 12.2 Å². The maximum atomic E-state index is 11.5. The Balaban J connectivity index is 4.70. The van der Waals surface area contributed by atoms with Crippen LogP contribution >= 0.6 is 0 Å². The number of esters is 2. The standard InChI is InChI=1S/C10H16O8/c1-5(12)17-4-8(15)10(18-6(2)13)9(16)7(14)3-11/h7,9-11,14,16H,3-4H2,1-2H3/t7-,9+,10+/m1/s1. The average Bonchev–Trinajstić information content (AvgIpc) is 2.30. The van der Waals surface area contributed by atoms with Gasteiger partial charge in [-0.15, -0.1) is 0 Å². The van der Waals surface area contributed by atoms with Crippen LogP contribution in [0.2, 0.25) is 0 Å². The maximum absolute atomic E-state index is 11.5. The minimum absolute atomic E-state index is 0.706. The molecule has 8 heteroatoms. The minimum atomic E-state index is -1.80. The van der Waals surface area contributed by atoms with Crippen molar-refractivity contribution in [1.29, 1.82) is 0 Å². The molecule has 0 aliphatic heterocycles. The SMILES string of the molecule is CC(=O)OCC(=O)[C@H](OC(C)=O)[C@@H](O)[C@H](O)CO. The van der Waals surface area contributed by atoms with Gasteiger partial charge in [-0.3, -0.25) is 14.4 Å². The number of carbonyl (C=O) groups is 3. The number of Topliss-reactive ketones (excluding diaryl/α,β-unsaturated/α-hetero) is 1. The Labute approximate surface area is 103 Å². The second-order valence-electron chi connectivity index (χ2n) is 3.52.